The molecule has 1 heterocycles. The van der Waals surface area contributed by atoms with Gasteiger partial charge in [-0.1, -0.05) is 83.6 Å². The molecule has 5 nitrogen and oxygen atoms in total. The van der Waals surface area contributed by atoms with E-state index in [1.807, 2.05) is 29.9 Å². The Hall–Kier alpha value is -2.47. The third kappa shape index (κ3) is 3.81. The number of carboxylic acid groups (broad SMARTS) is 1. The Morgan fingerprint density at radius 2 is 1.60 bits per heavy atom. The topological polar surface area (TPSA) is 67.2 Å². The highest BCUT2D eigenvalue weighted by Gasteiger charge is 2.56. The van der Waals surface area contributed by atoms with Gasteiger partial charge in [0.15, 0.2) is 0 Å². The van der Waals surface area contributed by atoms with E-state index in [0.29, 0.717) is 5.82 Å². The van der Waals surface area contributed by atoms with E-state index in [4.69, 9.17) is 4.98 Å². The van der Waals surface area contributed by atoms with Crippen molar-refractivity contribution in [2.45, 2.75) is 57.0 Å². The second-order valence-electron chi connectivity index (χ2n) is 9.77. The standard InChI is InChI=1S/C24H31N3O2S/c1-22(2,3)24(23(4,5)6,26-21(28)29)20-25-15-19(27(20)7)30-18-13-12-16-10-8-9-11-17(16)14-18/h8-15,26H,1-7H3,(H,28,29). The molecule has 0 spiro atoms. The van der Waals surface area contributed by atoms with Gasteiger partial charge < -0.3 is 15.0 Å². The lowest BCUT2D eigenvalue weighted by Gasteiger charge is -2.52. The molecule has 0 fully saturated rings. The molecule has 0 saturated heterocycles. The molecule has 0 aliphatic heterocycles. The number of rotatable bonds is 4. The lowest BCUT2D eigenvalue weighted by molar-refractivity contribution is 0.00929. The molecule has 0 radical (unpaired) electrons. The summed E-state index contributed by atoms with van der Waals surface area (Å²) in [5, 5.41) is 15.9. The summed E-state index contributed by atoms with van der Waals surface area (Å²) in [5.41, 5.74) is -1.70. The summed E-state index contributed by atoms with van der Waals surface area (Å²) in [6.07, 6.45) is 0.789. The first-order chi connectivity index (χ1) is 13.9. The maximum Gasteiger partial charge on any atom is 0.405 e. The molecule has 0 aliphatic carbocycles. The van der Waals surface area contributed by atoms with Gasteiger partial charge in [-0.05, 0) is 33.7 Å². The molecule has 3 rings (SSSR count). The number of fused-ring (bicyclic) bond motifs is 1. The number of benzene rings is 2. The van der Waals surface area contributed by atoms with Gasteiger partial charge in [0.05, 0.1) is 11.2 Å². The molecule has 0 saturated carbocycles. The van der Waals surface area contributed by atoms with Crippen LogP contribution in [0.25, 0.3) is 10.8 Å². The van der Waals surface area contributed by atoms with Gasteiger partial charge in [-0.15, -0.1) is 0 Å². The number of amides is 1. The molecule has 2 aromatic carbocycles. The minimum Gasteiger partial charge on any atom is -0.465 e. The van der Waals surface area contributed by atoms with Crippen LogP contribution in [0.4, 0.5) is 4.79 Å². The van der Waals surface area contributed by atoms with Crippen molar-refractivity contribution in [3.8, 4) is 0 Å². The molecular weight excluding hydrogens is 394 g/mol. The monoisotopic (exact) mass is 425 g/mol. The zero-order valence-corrected chi connectivity index (χ0v) is 19.6. The van der Waals surface area contributed by atoms with Crippen molar-refractivity contribution in [2.24, 2.45) is 17.9 Å². The van der Waals surface area contributed by atoms with Crippen LogP contribution in [0.5, 0.6) is 0 Å². The maximum atomic E-state index is 11.9. The van der Waals surface area contributed by atoms with Crippen LogP contribution in [0.2, 0.25) is 0 Å². The van der Waals surface area contributed by atoms with Gasteiger partial charge in [-0.25, -0.2) is 9.78 Å². The summed E-state index contributed by atoms with van der Waals surface area (Å²) < 4.78 is 2.02. The van der Waals surface area contributed by atoms with Crippen LogP contribution < -0.4 is 5.32 Å². The fourth-order valence-corrected chi connectivity index (χ4v) is 5.47. The predicted octanol–water partition coefficient (Wildman–Crippen LogP) is 6.28. The van der Waals surface area contributed by atoms with Crippen molar-refractivity contribution in [3.05, 3.63) is 54.5 Å². The smallest absolute Gasteiger partial charge is 0.405 e. The molecule has 0 bridgehead atoms. The van der Waals surface area contributed by atoms with E-state index in [1.165, 1.54) is 10.8 Å². The first-order valence-corrected chi connectivity index (χ1v) is 10.9. The van der Waals surface area contributed by atoms with Crippen LogP contribution >= 0.6 is 11.8 Å². The molecule has 1 aromatic heterocycles. The average Bonchev–Trinajstić information content (AvgIpc) is 2.98. The molecule has 2 N–H and O–H groups in total. The largest absolute Gasteiger partial charge is 0.465 e. The quantitative estimate of drug-likeness (QED) is 0.516. The zero-order valence-electron chi connectivity index (χ0n) is 18.8. The Bertz CT molecular complexity index is 1060. The molecule has 0 aliphatic rings. The minimum absolute atomic E-state index is 0.409. The molecule has 3 aromatic rings. The van der Waals surface area contributed by atoms with Gasteiger partial charge in [0, 0.05) is 11.9 Å². The fraction of sp³-hybridized carbons (Fsp3) is 0.417. The van der Waals surface area contributed by atoms with Crippen molar-refractivity contribution in [1.82, 2.24) is 14.9 Å². The lowest BCUT2D eigenvalue weighted by atomic mass is 9.59. The van der Waals surface area contributed by atoms with Crippen molar-refractivity contribution in [3.63, 3.8) is 0 Å². The van der Waals surface area contributed by atoms with Crippen LogP contribution in [-0.4, -0.2) is 20.8 Å². The van der Waals surface area contributed by atoms with Crippen molar-refractivity contribution < 1.29 is 9.90 Å². The van der Waals surface area contributed by atoms with Crippen LogP contribution in [0.15, 0.2) is 58.6 Å². The summed E-state index contributed by atoms with van der Waals surface area (Å²) in [5.74, 6) is 0.716. The molecule has 160 valence electrons. The molecule has 1 amide bonds. The third-order valence-corrected chi connectivity index (χ3v) is 6.85. The summed E-state index contributed by atoms with van der Waals surface area (Å²) in [6.45, 7) is 12.3. The number of aromatic nitrogens is 2. The fourth-order valence-electron chi connectivity index (χ4n) is 4.58. The van der Waals surface area contributed by atoms with Gasteiger partial charge in [0.2, 0.25) is 0 Å². The number of carbonyl (C=O) groups is 1. The van der Waals surface area contributed by atoms with Crippen molar-refractivity contribution in [1.29, 1.82) is 0 Å². The Morgan fingerprint density at radius 3 is 2.17 bits per heavy atom. The third-order valence-electron chi connectivity index (χ3n) is 5.77. The Labute approximate surface area is 182 Å². The van der Waals surface area contributed by atoms with E-state index < -0.39 is 22.5 Å². The van der Waals surface area contributed by atoms with Gasteiger partial charge >= 0.3 is 6.09 Å². The number of nitrogens with zero attached hydrogens (tertiary/aromatic N) is 2. The van der Waals surface area contributed by atoms with E-state index in [1.54, 1.807) is 11.8 Å². The van der Waals surface area contributed by atoms with Crippen LogP contribution in [0, 0.1) is 10.8 Å². The summed E-state index contributed by atoms with van der Waals surface area (Å²) in [4.78, 5) is 17.7. The highest BCUT2D eigenvalue weighted by Crippen LogP contribution is 2.51. The normalized spacial score (nSPS) is 12.9. The Morgan fingerprint density at radius 1 is 1.00 bits per heavy atom. The lowest BCUT2D eigenvalue weighted by Crippen LogP contribution is -2.62. The molecule has 0 atom stereocenters. The molecular formula is C24H31N3O2S. The van der Waals surface area contributed by atoms with E-state index in [9.17, 15) is 9.90 Å². The van der Waals surface area contributed by atoms with E-state index in [2.05, 4.69) is 77.2 Å². The van der Waals surface area contributed by atoms with Crippen LogP contribution in [-0.2, 0) is 12.6 Å². The Balaban J connectivity index is 2.09. The maximum absolute atomic E-state index is 11.9. The van der Waals surface area contributed by atoms with E-state index in [-0.39, 0.29) is 0 Å². The first-order valence-electron chi connectivity index (χ1n) is 10.1. The zero-order chi connectivity index (χ0) is 22.3. The molecule has 30 heavy (non-hydrogen) atoms. The van der Waals surface area contributed by atoms with Gasteiger partial charge in [-0.2, -0.15) is 0 Å². The Kier molecular flexibility index (Phi) is 5.67. The molecule has 6 heteroatoms. The van der Waals surface area contributed by atoms with Gasteiger partial charge in [-0.3, -0.25) is 0 Å². The van der Waals surface area contributed by atoms with Gasteiger partial charge in [0.1, 0.15) is 11.4 Å². The first kappa shape index (κ1) is 22.2. The summed E-state index contributed by atoms with van der Waals surface area (Å²) >= 11 is 1.63. The second kappa shape index (κ2) is 7.65. The number of nitrogens with one attached hydrogen (secondary N) is 1. The second-order valence-corrected chi connectivity index (χ2v) is 10.9. The highest BCUT2D eigenvalue weighted by atomic mass is 32.2. The summed E-state index contributed by atoms with van der Waals surface area (Å²) in [6, 6.07) is 14.7. The average molecular weight is 426 g/mol. The number of hydrogen-bond acceptors (Lipinski definition) is 3. The number of hydrogen-bond donors (Lipinski definition) is 2. The van der Waals surface area contributed by atoms with Crippen molar-refractivity contribution >= 4 is 28.6 Å². The number of imidazole rings is 1. The van der Waals surface area contributed by atoms with E-state index in [0.717, 1.165) is 9.92 Å². The van der Waals surface area contributed by atoms with Crippen LogP contribution in [0.1, 0.15) is 47.4 Å². The SMILES string of the molecule is Cn1c(Sc2ccc3ccccc3c2)cnc1C(NC(=O)O)(C(C)(C)C)C(C)(C)C. The highest BCUT2D eigenvalue weighted by molar-refractivity contribution is 7.99. The molecule has 0 unspecified atom stereocenters. The van der Waals surface area contributed by atoms with Gasteiger partial charge in [0.25, 0.3) is 0 Å². The van der Waals surface area contributed by atoms with E-state index >= 15 is 0 Å². The minimum atomic E-state index is -1.05. The van der Waals surface area contributed by atoms with Crippen LogP contribution in [0.3, 0.4) is 0 Å². The predicted molar refractivity (Wildman–Crippen MR) is 123 cm³/mol. The van der Waals surface area contributed by atoms with Crippen molar-refractivity contribution in [2.75, 3.05) is 0 Å². The summed E-state index contributed by atoms with van der Waals surface area (Å²) in [7, 11) is 1.96.